The Labute approximate surface area is 186 Å². The highest BCUT2D eigenvalue weighted by Crippen LogP contribution is 2.56. The summed E-state index contributed by atoms with van der Waals surface area (Å²) in [4.78, 5) is 0. The van der Waals surface area contributed by atoms with E-state index in [1.165, 1.54) is 0 Å². The van der Waals surface area contributed by atoms with Crippen LogP contribution in [0.2, 0.25) is 45.2 Å². The van der Waals surface area contributed by atoms with Gasteiger partial charge in [0.15, 0.2) is 0 Å². The van der Waals surface area contributed by atoms with E-state index in [1.54, 1.807) is 0 Å². The predicted octanol–water partition coefficient (Wildman–Crippen LogP) is 10.3. The van der Waals surface area contributed by atoms with Gasteiger partial charge in [0.2, 0.25) is 0 Å². The highest BCUT2D eigenvalue weighted by molar-refractivity contribution is 6.63. The number of hydrogen-bond acceptors (Lipinski definition) is 0. The van der Waals surface area contributed by atoms with Crippen molar-refractivity contribution in [2.24, 2.45) is 0 Å². The smallest absolute Gasteiger partial charge is 0.0792 e. The van der Waals surface area contributed by atoms with Gasteiger partial charge in [-0.1, -0.05) is 104 Å². The molecule has 0 fully saturated rings. The fraction of sp³-hybridized carbons (Fsp3) is 0. The second kappa shape index (κ2) is 6.27. The van der Waals surface area contributed by atoms with Crippen LogP contribution in [0.15, 0.2) is 0 Å². The van der Waals surface area contributed by atoms with Crippen molar-refractivity contribution in [1.29, 1.82) is 0 Å². The second-order valence-electron chi connectivity index (χ2n) is 5.20. The molecule has 4 aromatic carbocycles. The molecule has 0 saturated heterocycles. The molecule has 127 valence electrons. The molecule has 1 radical (unpaired) electrons. The van der Waals surface area contributed by atoms with E-state index in [0.29, 0.717) is 32.3 Å². The highest BCUT2D eigenvalue weighted by Gasteiger charge is 2.28. The van der Waals surface area contributed by atoms with Crippen LogP contribution in [0.4, 0.5) is 0 Å². The van der Waals surface area contributed by atoms with Gasteiger partial charge in [-0.25, -0.2) is 0 Å². The van der Waals surface area contributed by atoms with E-state index in [9.17, 15) is 0 Å². The van der Waals surface area contributed by atoms with Gasteiger partial charge in [0.25, 0.3) is 0 Å². The first-order valence-corrected chi connectivity index (χ1v) is 9.85. The summed E-state index contributed by atoms with van der Waals surface area (Å²) in [6.45, 7) is 0. The first-order chi connectivity index (χ1) is 11.7. The van der Waals surface area contributed by atoms with Crippen molar-refractivity contribution in [1.82, 2.24) is 0 Å². The lowest BCUT2D eigenvalue weighted by molar-refractivity contribution is 1.75. The Morgan fingerprint density at radius 2 is 0.760 bits per heavy atom. The van der Waals surface area contributed by atoms with E-state index < -0.39 is 0 Å². The normalized spacial score (nSPS) is 12.2. The molecule has 0 aliphatic heterocycles. The molecule has 0 aliphatic rings. The Kier molecular flexibility index (Phi) is 4.74. The fourth-order valence-corrected chi connectivity index (χ4v) is 5.42. The topological polar surface area (TPSA) is 0 Å². The van der Waals surface area contributed by atoms with Gasteiger partial charge in [0, 0.05) is 38.4 Å². The van der Waals surface area contributed by atoms with Crippen LogP contribution in [-0.4, -0.2) is 0 Å². The fourth-order valence-electron chi connectivity index (χ4n) is 2.95. The molecule has 0 aliphatic carbocycles. The minimum absolute atomic E-state index is 0.0956. The monoisotopic (exact) mass is 507 g/mol. The number of rotatable bonds is 0. The molecular weight excluding hydrogens is 511 g/mol. The van der Waals surface area contributed by atoms with Crippen molar-refractivity contribution in [2.75, 3.05) is 0 Å². The third-order valence-corrected chi connectivity index (χ3v) is 7.78. The summed E-state index contributed by atoms with van der Waals surface area (Å²) in [5, 5.41) is 4.17. The van der Waals surface area contributed by atoms with Crippen LogP contribution < -0.4 is 0 Å². The predicted molar refractivity (Wildman–Crippen MR) is 114 cm³/mol. The maximum Gasteiger partial charge on any atom is 0.0792 e. The average Bonchev–Trinajstić information content (AvgIpc) is 2.57. The Balaban J connectivity index is 2.60. The van der Waals surface area contributed by atoms with Gasteiger partial charge in [0.1, 0.15) is 0 Å². The molecule has 0 saturated carbocycles. The molecule has 0 unspecified atom stereocenters. The lowest BCUT2D eigenvalue weighted by Gasteiger charge is -2.20. The maximum atomic E-state index is 6.47. The molecule has 9 heteroatoms. The highest BCUT2D eigenvalue weighted by atomic mass is 35.5. The third kappa shape index (κ3) is 2.37. The van der Waals surface area contributed by atoms with Crippen LogP contribution in [0.3, 0.4) is 0 Å². The Bertz CT molecular complexity index is 1200. The van der Waals surface area contributed by atoms with Crippen molar-refractivity contribution in [3.63, 3.8) is 0 Å². The third-order valence-electron chi connectivity index (χ3n) is 3.98. The number of halogens is 9. The van der Waals surface area contributed by atoms with E-state index in [4.69, 9.17) is 104 Å². The van der Waals surface area contributed by atoms with E-state index in [2.05, 4.69) is 6.07 Å². The zero-order valence-corrected chi connectivity index (χ0v) is 18.2. The summed E-state index contributed by atoms with van der Waals surface area (Å²) in [6, 6.07) is 2.92. The van der Waals surface area contributed by atoms with Crippen LogP contribution in [0.25, 0.3) is 32.3 Å². The standard InChI is InChI=1S/C16Cl9/c17-3-1-2-4-5-7(11(20)9(2)18)14(23)16(25)15(24)8(5)13(22)12(21)6(4)10(3)19. The molecule has 0 heterocycles. The summed E-state index contributed by atoms with van der Waals surface area (Å²) in [6.07, 6.45) is 0. The van der Waals surface area contributed by atoms with Gasteiger partial charge in [-0.15, -0.1) is 0 Å². The Hall–Kier alpha value is 0.530. The van der Waals surface area contributed by atoms with Crippen LogP contribution in [0, 0.1) is 6.07 Å². The van der Waals surface area contributed by atoms with E-state index >= 15 is 0 Å². The van der Waals surface area contributed by atoms with Gasteiger partial charge in [0.05, 0.1) is 45.2 Å². The van der Waals surface area contributed by atoms with E-state index in [1.807, 2.05) is 0 Å². The molecular formula is C16Cl9. The first-order valence-electron chi connectivity index (χ1n) is 6.45. The molecule has 0 nitrogen and oxygen atoms in total. The lowest BCUT2D eigenvalue weighted by Crippen LogP contribution is -1.93. The molecule has 0 amide bonds. The quantitative estimate of drug-likeness (QED) is 0.163. The van der Waals surface area contributed by atoms with Crippen molar-refractivity contribution in [3.8, 4) is 0 Å². The van der Waals surface area contributed by atoms with Gasteiger partial charge in [-0.05, 0) is 0 Å². The average molecular weight is 511 g/mol. The maximum absolute atomic E-state index is 6.47. The van der Waals surface area contributed by atoms with E-state index in [0.717, 1.165) is 0 Å². The second-order valence-corrected chi connectivity index (χ2v) is 8.60. The minimum Gasteiger partial charge on any atom is -0.0820 e. The minimum atomic E-state index is 0.0956. The molecule has 25 heavy (non-hydrogen) atoms. The SMILES string of the molecule is Clc1[c]c2c(Cl)c(Cl)c3c(Cl)c(Cl)c(Cl)c4c(Cl)c(Cl)c(c1Cl)c2c34. The van der Waals surface area contributed by atoms with E-state index in [-0.39, 0.29) is 45.2 Å². The number of hydrogen-bond donors (Lipinski definition) is 0. The molecule has 4 aromatic rings. The molecule has 4 rings (SSSR count). The summed E-state index contributed by atoms with van der Waals surface area (Å²) in [7, 11) is 0. The molecule has 0 N–H and O–H groups in total. The van der Waals surface area contributed by atoms with Crippen LogP contribution in [-0.2, 0) is 0 Å². The van der Waals surface area contributed by atoms with Crippen molar-refractivity contribution in [2.45, 2.75) is 0 Å². The molecule has 0 aromatic heterocycles. The van der Waals surface area contributed by atoms with Crippen molar-refractivity contribution < 1.29 is 0 Å². The van der Waals surface area contributed by atoms with Gasteiger partial charge in [-0.3, -0.25) is 0 Å². The summed E-state index contributed by atoms with van der Waals surface area (Å²) >= 11 is 57.4. The number of benzene rings is 4. The summed E-state index contributed by atoms with van der Waals surface area (Å²) in [5.41, 5.74) is 0. The first kappa shape index (κ1) is 18.9. The van der Waals surface area contributed by atoms with Gasteiger partial charge >= 0.3 is 0 Å². The van der Waals surface area contributed by atoms with Crippen LogP contribution in [0.5, 0.6) is 0 Å². The zero-order chi connectivity index (χ0) is 18.4. The van der Waals surface area contributed by atoms with Crippen LogP contribution >= 0.6 is 104 Å². The zero-order valence-electron chi connectivity index (χ0n) is 11.4. The molecule has 0 atom stereocenters. The largest absolute Gasteiger partial charge is 0.0820 e. The summed E-state index contributed by atoms with van der Waals surface area (Å²) in [5.74, 6) is 0. The Morgan fingerprint density at radius 3 is 1.28 bits per heavy atom. The van der Waals surface area contributed by atoms with Crippen molar-refractivity contribution >= 4 is 137 Å². The van der Waals surface area contributed by atoms with Gasteiger partial charge in [-0.2, -0.15) is 0 Å². The lowest BCUT2D eigenvalue weighted by atomic mass is 9.93. The Morgan fingerprint density at radius 1 is 0.360 bits per heavy atom. The molecule has 0 bridgehead atoms. The van der Waals surface area contributed by atoms with Crippen LogP contribution in [0.1, 0.15) is 0 Å². The van der Waals surface area contributed by atoms with Gasteiger partial charge < -0.3 is 0 Å². The van der Waals surface area contributed by atoms with Crippen molar-refractivity contribution in [3.05, 3.63) is 51.3 Å². The molecule has 0 spiro atoms. The summed E-state index contributed by atoms with van der Waals surface area (Å²) < 4.78 is 0.